The Labute approximate surface area is 149 Å². The summed E-state index contributed by atoms with van der Waals surface area (Å²) >= 11 is 0. The number of hydrogen-bond donors (Lipinski definition) is 0. The number of nitrogens with zero attached hydrogens (tertiary/aromatic N) is 2. The van der Waals surface area contributed by atoms with Crippen LogP contribution in [0, 0.1) is 0 Å². The summed E-state index contributed by atoms with van der Waals surface area (Å²) in [7, 11) is 1.37. The predicted octanol–water partition coefficient (Wildman–Crippen LogP) is 3.85. The van der Waals surface area contributed by atoms with Crippen LogP contribution < -0.4 is 15.9 Å². The van der Waals surface area contributed by atoms with Crippen molar-refractivity contribution in [2.75, 3.05) is 0 Å². The normalized spacial score (nSPS) is 11.0. The highest BCUT2D eigenvalue weighted by Gasteiger charge is 2.16. The number of hydrogen-bond acceptors (Lipinski definition) is 1. The fraction of sp³-hybridized carbons (Fsp3) is 0.0455. The van der Waals surface area contributed by atoms with Gasteiger partial charge in [0.25, 0.3) is 0 Å². The highest BCUT2D eigenvalue weighted by atomic mass is 31.1. The molecule has 0 atom stereocenters. The van der Waals surface area contributed by atoms with Crippen LogP contribution in [0.3, 0.4) is 0 Å². The topological polar surface area (TPSA) is 17.8 Å². The van der Waals surface area contributed by atoms with E-state index in [2.05, 4.69) is 96.1 Å². The second kappa shape index (κ2) is 7.04. The van der Waals surface area contributed by atoms with E-state index in [9.17, 15) is 0 Å². The van der Waals surface area contributed by atoms with Crippen LogP contribution in [0.15, 0.2) is 97.2 Å². The average Bonchev–Trinajstić information content (AvgIpc) is 3.11. The van der Waals surface area contributed by atoms with E-state index in [1.54, 1.807) is 0 Å². The van der Waals surface area contributed by atoms with Crippen molar-refractivity contribution in [2.45, 2.75) is 0 Å². The molecule has 1 aromatic heterocycles. The molecule has 0 saturated heterocycles. The Morgan fingerprint density at radius 2 is 1.28 bits per heavy atom. The third-order valence-corrected chi connectivity index (χ3v) is 6.57. The summed E-state index contributed by atoms with van der Waals surface area (Å²) in [4.78, 5) is 0. The second-order valence-corrected chi connectivity index (χ2v) is 8.15. The molecule has 0 spiro atoms. The van der Waals surface area contributed by atoms with Crippen molar-refractivity contribution in [3.05, 3.63) is 97.2 Å². The van der Waals surface area contributed by atoms with E-state index < -0.39 is 7.92 Å². The molecule has 1 heterocycles. The summed E-state index contributed by atoms with van der Waals surface area (Å²) in [6, 6.07) is 32.4. The molecule has 0 aliphatic rings. The predicted molar refractivity (Wildman–Crippen MR) is 107 cm³/mol. The largest absolute Gasteiger partial charge is 0.275 e. The summed E-state index contributed by atoms with van der Waals surface area (Å²) in [5, 5.41) is 8.62. The van der Waals surface area contributed by atoms with Gasteiger partial charge in [-0.1, -0.05) is 78.9 Å². The van der Waals surface area contributed by atoms with Gasteiger partial charge in [-0.3, -0.25) is 4.68 Å². The van der Waals surface area contributed by atoms with Crippen LogP contribution in [0.5, 0.6) is 0 Å². The summed E-state index contributed by atoms with van der Waals surface area (Å²) in [6.45, 7) is 0. The smallest absolute Gasteiger partial charge is 0.0923 e. The maximum Gasteiger partial charge on any atom is 0.0923 e. The number of rotatable bonds is 4. The van der Waals surface area contributed by atoms with Crippen LogP contribution in [-0.4, -0.2) is 9.78 Å². The van der Waals surface area contributed by atoms with Gasteiger partial charge in [0.05, 0.1) is 5.69 Å². The maximum absolute atomic E-state index is 4.55. The Kier molecular flexibility index (Phi) is 4.45. The molecule has 0 unspecified atom stereocenters. The fourth-order valence-corrected chi connectivity index (χ4v) is 5.31. The van der Waals surface area contributed by atoms with Crippen molar-refractivity contribution in [2.24, 2.45) is 7.05 Å². The Morgan fingerprint density at radius 3 is 1.84 bits per heavy atom. The number of benzene rings is 3. The van der Waals surface area contributed by atoms with Gasteiger partial charge < -0.3 is 0 Å². The molecule has 0 N–H and O–H groups in total. The van der Waals surface area contributed by atoms with Crippen molar-refractivity contribution >= 4 is 23.8 Å². The quantitative estimate of drug-likeness (QED) is 0.515. The zero-order chi connectivity index (χ0) is 17.1. The molecule has 0 saturated carbocycles. The third-order valence-electron chi connectivity index (χ3n) is 4.14. The Hall–Kier alpha value is -2.70. The van der Waals surface area contributed by atoms with Crippen molar-refractivity contribution in [1.29, 1.82) is 0 Å². The SMILES string of the molecule is Cn1ccc(-c2cccc(P(c3ccccc3)c3ccccc3)c2)n1. The van der Waals surface area contributed by atoms with Gasteiger partial charge >= 0.3 is 0 Å². The lowest BCUT2D eigenvalue weighted by atomic mass is 10.2. The molecule has 25 heavy (non-hydrogen) atoms. The number of aromatic nitrogens is 2. The molecule has 3 aromatic carbocycles. The van der Waals surface area contributed by atoms with Gasteiger partial charge in [-0.25, -0.2) is 0 Å². The van der Waals surface area contributed by atoms with Gasteiger partial charge in [0.1, 0.15) is 0 Å². The summed E-state index contributed by atoms with van der Waals surface area (Å²) in [6.07, 6.45) is 1.99. The average molecular weight is 342 g/mol. The van der Waals surface area contributed by atoms with Crippen LogP contribution in [0.2, 0.25) is 0 Å². The molecule has 3 heteroatoms. The fourth-order valence-electron chi connectivity index (χ4n) is 2.97. The zero-order valence-electron chi connectivity index (χ0n) is 14.1. The van der Waals surface area contributed by atoms with Gasteiger partial charge in [0.15, 0.2) is 0 Å². The van der Waals surface area contributed by atoms with Crippen LogP contribution >= 0.6 is 7.92 Å². The van der Waals surface area contributed by atoms with E-state index in [1.165, 1.54) is 15.9 Å². The van der Waals surface area contributed by atoms with Gasteiger partial charge in [-0.05, 0) is 36.0 Å². The van der Waals surface area contributed by atoms with Gasteiger partial charge in [-0.2, -0.15) is 5.10 Å². The molecule has 122 valence electrons. The highest BCUT2D eigenvalue weighted by Crippen LogP contribution is 2.33. The molecule has 0 amide bonds. The van der Waals surface area contributed by atoms with Crippen molar-refractivity contribution in [1.82, 2.24) is 9.78 Å². The first kappa shape index (κ1) is 15.8. The van der Waals surface area contributed by atoms with E-state index in [4.69, 9.17) is 0 Å². The van der Waals surface area contributed by atoms with Crippen molar-refractivity contribution in [3.8, 4) is 11.3 Å². The summed E-state index contributed by atoms with van der Waals surface area (Å²) < 4.78 is 1.85. The maximum atomic E-state index is 4.55. The molecular formula is C22H19N2P. The first-order valence-electron chi connectivity index (χ1n) is 8.31. The molecule has 0 fully saturated rings. The molecule has 4 aromatic rings. The van der Waals surface area contributed by atoms with E-state index in [1.807, 2.05) is 17.9 Å². The van der Waals surface area contributed by atoms with E-state index >= 15 is 0 Å². The molecule has 0 bridgehead atoms. The van der Waals surface area contributed by atoms with Crippen molar-refractivity contribution in [3.63, 3.8) is 0 Å². The lowest BCUT2D eigenvalue weighted by Gasteiger charge is -2.19. The van der Waals surface area contributed by atoms with Gasteiger partial charge in [0, 0.05) is 18.8 Å². The monoisotopic (exact) mass is 342 g/mol. The van der Waals surface area contributed by atoms with Gasteiger partial charge in [0.2, 0.25) is 0 Å². The standard InChI is InChI=1S/C22H19N2P/c1-24-16-15-22(23-24)18-9-8-14-21(17-18)25(19-10-4-2-5-11-19)20-12-6-3-7-13-20/h2-17H,1H3. The molecule has 0 radical (unpaired) electrons. The molecule has 0 aliphatic heterocycles. The molecule has 0 aliphatic carbocycles. The first-order chi connectivity index (χ1) is 12.3. The minimum atomic E-state index is -0.580. The zero-order valence-corrected chi connectivity index (χ0v) is 15.0. The van der Waals surface area contributed by atoms with E-state index in [0.717, 1.165) is 11.3 Å². The Bertz CT molecular complexity index is 922. The summed E-state index contributed by atoms with van der Waals surface area (Å²) in [5.74, 6) is 0. The van der Waals surface area contributed by atoms with Crippen LogP contribution in [0.4, 0.5) is 0 Å². The second-order valence-electron chi connectivity index (χ2n) is 5.93. The van der Waals surface area contributed by atoms with Crippen LogP contribution in [0.25, 0.3) is 11.3 Å². The minimum absolute atomic E-state index is 0.580. The molecule has 4 rings (SSSR count). The molecule has 2 nitrogen and oxygen atoms in total. The van der Waals surface area contributed by atoms with Crippen LogP contribution in [-0.2, 0) is 7.05 Å². The first-order valence-corrected chi connectivity index (χ1v) is 9.66. The van der Waals surface area contributed by atoms with Crippen molar-refractivity contribution < 1.29 is 0 Å². The number of aryl methyl sites for hydroxylation is 1. The third kappa shape index (κ3) is 3.40. The minimum Gasteiger partial charge on any atom is -0.275 e. The molecular weight excluding hydrogens is 323 g/mol. The lowest BCUT2D eigenvalue weighted by molar-refractivity contribution is 0.771. The van der Waals surface area contributed by atoms with Gasteiger partial charge in [-0.15, -0.1) is 0 Å². The Morgan fingerprint density at radius 1 is 0.680 bits per heavy atom. The highest BCUT2D eigenvalue weighted by molar-refractivity contribution is 7.79. The lowest BCUT2D eigenvalue weighted by Crippen LogP contribution is -2.20. The van der Waals surface area contributed by atoms with Crippen LogP contribution in [0.1, 0.15) is 0 Å². The Balaban J connectivity index is 1.83. The van der Waals surface area contributed by atoms with E-state index in [0.29, 0.717) is 0 Å². The summed E-state index contributed by atoms with van der Waals surface area (Å²) in [5.41, 5.74) is 2.18. The van der Waals surface area contributed by atoms with E-state index in [-0.39, 0.29) is 0 Å².